The van der Waals surface area contributed by atoms with Gasteiger partial charge in [-0.05, 0) is 33.5 Å². The van der Waals surface area contributed by atoms with Crippen molar-refractivity contribution in [2.24, 2.45) is 0 Å². The summed E-state index contributed by atoms with van der Waals surface area (Å²) in [5.74, 6) is 0. The lowest BCUT2D eigenvalue weighted by Gasteiger charge is -2.13. The number of hydrogen-bond donors (Lipinski definition) is 1. The molecule has 0 fully saturated rings. The molecule has 0 bridgehead atoms. The summed E-state index contributed by atoms with van der Waals surface area (Å²) >= 11 is 0. The summed E-state index contributed by atoms with van der Waals surface area (Å²) in [6.45, 7) is 0.590. The average Bonchev–Trinajstić information content (AvgIpc) is 2.55. The predicted molar refractivity (Wildman–Crippen MR) is 85.2 cm³/mol. The van der Waals surface area contributed by atoms with Gasteiger partial charge in [-0.3, -0.25) is 0 Å². The van der Waals surface area contributed by atoms with E-state index in [9.17, 15) is 5.11 Å². The minimum atomic E-state index is -0.605. The summed E-state index contributed by atoms with van der Waals surface area (Å²) in [5.41, 5.74) is 2.91. The van der Waals surface area contributed by atoms with E-state index in [1.165, 1.54) is 5.39 Å². The Morgan fingerprint density at radius 2 is 1.52 bits per heavy atom. The fourth-order valence-corrected chi connectivity index (χ4v) is 2.53. The normalized spacial score (nSPS) is 12.5. The molecule has 2 nitrogen and oxygen atoms in total. The first-order chi connectivity index (χ1) is 10.3. The number of aliphatic hydroxyl groups excluding tert-OH is 1. The Bertz CT molecular complexity index is 732. The van der Waals surface area contributed by atoms with Gasteiger partial charge < -0.3 is 9.84 Å². The van der Waals surface area contributed by atoms with E-state index >= 15 is 0 Å². The van der Waals surface area contributed by atoms with Gasteiger partial charge in [0.1, 0.15) is 6.10 Å². The van der Waals surface area contributed by atoms with Crippen LogP contribution in [0.15, 0.2) is 66.7 Å². The molecule has 0 aromatic heterocycles. The van der Waals surface area contributed by atoms with Crippen molar-refractivity contribution in [1.29, 1.82) is 0 Å². The molecular formula is C19H18O2. The molecule has 21 heavy (non-hydrogen) atoms. The van der Waals surface area contributed by atoms with E-state index in [-0.39, 0.29) is 0 Å². The van der Waals surface area contributed by atoms with E-state index in [4.69, 9.17) is 4.74 Å². The van der Waals surface area contributed by atoms with Crippen molar-refractivity contribution in [2.45, 2.75) is 12.7 Å². The summed E-state index contributed by atoms with van der Waals surface area (Å²) < 4.78 is 5.10. The van der Waals surface area contributed by atoms with Crippen LogP contribution in [0.3, 0.4) is 0 Å². The van der Waals surface area contributed by atoms with Crippen LogP contribution in [0, 0.1) is 0 Å². The smallest absolute Gasteiger partial charge is 0.104 e. The van der Waals surface area contributed by atoms with Crippen LogP contribution in [0.1, 0.15) is 22.8 Å². The van der Waals surface area contributed by atoms with Gasteiger partial charge in [0.05, 0.1) is 6.61 Å². The number of aliphatic hydroxyl groups is 1. The van der Waals surface area contributed by atoms with Crippen molar-refractivity contribution in [3.05, 3.63) is 83.4 Å². The van der Waals surface area contributed by atoms with Crippen LogP contribution in [0.4, 0.5) is 0 Å². The zero-order valence-corrected chi connectivity index (χ0v) is 12.0. The Labute approximate surface area is 124 Å². The van der Waals surface area contributed by atoms with Crippen molar-refractivity contribution < 1.29 is 9.84 Å². The highest BCUT2D eigenvalue weighted by Gasteiger charge is 2.10. The number of benzene rings is 3. The van der Waals surface area contributed by atoms with Crippen LogP contribution in [0.2, 0.25) is 0 Å². The van der Waals surface area contributed by atoms with Crippen molar-refractivity contribution in [3.63, 3.8) is 0 Å². The third-order valence-corrected chi connectivity index (χ3v) is 3.70. The fourth-order valence-electron chi connectivity index (χ4n) is 2.53. The second-order valence-electron chi connectivity index (χ2n) is 5.18. The molecule has 106 valence electrons. The molecule has 0 heterocycles. The van der Waals surface area contributed by atoms with Crippen molar-refractivity contribution in [1.82, 2.24) is 0 Å². The van der Waals surface area contributed by atoms with Gasteiger partial charge in [-0.1, -0.05) is 60.7 Å². The summed E-state index contributed by atoms with van der Waals surface area (Å²) in [6.07, 6.45) is -0.605. The molecule has 1 N–H and O–H groups in total. The summed E-state index contributed by atoms with van der Waals surface area (Å²) in [5, 5.41) is 12.9. The molecule has 0 aliphatic carbocycles. The van der Waals surface area contributed by atoms with Crippen molar-refractivity contribution in [2.75, 3.05) is 7.11 Å². The van der Waals surface area contributed by atoms with E-state index in [1.807, 2.05) is 54.6 Å². The standard InChI is InChI=1S/C19H18O2/c1-21-13-14-6-8-16(9-7-14)19(20)18-11-10-15-4-2-3-5-17(15)12-18/h2-12,19-20H,13H2,1H3. The Kier molecular flexibility index (Phi) is 4.00. The quantitative estimate of drug-likeness (QED) is 0.779. The lowest BCUT2D eigenvalue weighted by Crippen LogP contribution is -2.00. The molecule has 1 atom stereocenters. The maximum absolute atomic E-state index is 10.5. The van der Waals surface area contributed by atoms with E-state index in [0.717, 1.165) is 22.1 Å². The molecule has 0 aliphatic rings. The monoisotopic (exact) mass is 278 g/mol. The highest BCUT2D eigenvalue weighted by molar-refractivity contribution is 5.83. The molecule has 0 saturated carbocycles. The Hall–Kier alpha value is -2.16. The molecule has 0 saturated heterocycles. The third-order valence-electron chi connectivity index (χ3n) is 3.70. The van der Waals surface area contributed by atoms with Crippen LogP contribution in [0.5, 0.6) is 0 Å². The Morgan fingerprint density at radius 1 is 0.857 bits per heavy atom. The minimum Gasteiger partial charge on any atom is -0.384 e. The number of hydrogen-bond acceptors (Lipinski definition) is 2. The van der Waals surface area contributed by atoms with Gasteiger partial charge in [0, 0.05) is 7.11 Å². The number of methoxy groups -OCH3 is 1. The molecule has 3 rings (SSSR count). The van der Waals surface area contributed by atoms with Gasteiger partial charge in [-0.25, -0.2) is 0 Å². The molecule has 0 amide bonds. The highest BCUT2D eigenvalue weighted by atomic mass is 16.5. The lowest BCUT2D eigenvalue weighted by atomic mass is 9.98. The largest absolute Gasteiger partial charge is 0.384 e. The second-order valence-corrected chi connectivity index (χ2v) is 5.18. The van der Waals surface area contributed by atoms with Crippen molar-refractivity contribution >= 4 is 10.8 Å². The van der Waals surface area contributed by atoms with E-state index in [1.54, 1.807) is 7.11 Å². The van der Waals surface area contributed by atoms with E-state index < -0.39 is 6.10 Å². The predicted octanol–water partition coefficient (Wildman–Crippen LogP) is 4.07. The van der Waals surface area contributed by atoms with Gasteiger partial charge in [0.25, 0.3) is 0 Å². The van der Waals surface area contributed by atoms with Gasteiger partial charge in [0.15, 0.2) is 0 Å². The molecule has 1 unspecified atom stereocenters. The average molecular weight is 278 g/mol. The maximum atomic E-state index is 10.5. The lowest BCUT2D eigenvalue weighted by molar-refractivity contribution is 0.184. The molecule has 0 aliphatic heterocycles. The summed E-state index contributed by atoms with van der Waals surface area (Å²) in [6, 6.07) is 22.1. The van der Waals surface area contributed by atoms with Gasteiger partial charge in [0.2, 0.25) is 0 Å². The second kappa shape index (κ2) is 6.08. The van der Waals surface area contributed by atoms with Gasteiger partial charge in [-0.15, -0.1) is 0 Å². The van der Waals surface area contributed by atoms with Crippen LogP contribution in [-0.2, 0) is 11.3 Å². The first-order valence-corrected chi connectivity index (χ1v) is 7.02. The van der Waals surface area contributed by atoms with Crippen LogP contribution >= 0.6 is 0 Å². The Balaban J connectivity index is 1.90. The maximum Gasteiger partial charge on any atom is 0.104 e. The van der Waals surface area contributed by atoms with Crippen LogP contribution in [-0.4, -0.2) is 12.2 Å². The van der Waals surface area contributed by atoms with Gasteiger partial charge >= 0.3 is 0 Å². The number of ether oxygens (including phenoxy) is 1. The highest BCUT2D eigenvalue weighted by Crippen LogP contribution is 2.25. The van der Waals surface area contributed by atoms with E-state index in [2.05, 4.69) is 12.1 Å². The van der Waals surface area contributed by atoms with E-state index in [0.29, 0.717) is 6.61 Å². The van der Waals surface area contributed by atoms with Crippen LogP contribution in [0.25, 0.3) is 10.8 Å². The van der Waals surface area contributed by atoms with Gasteiger partial charge in [-0.2, -0.15) is 0 Å². The van der Waals surface area contributed by atoms with Crippen molar-refractivity contribution in [3.8, 4) is 0 Å². The SMILES string of the molecule is COCc1ccc(C(O)c2ccc3ccccc3c2)cc1. The third kappa shape index (κ3) is 2.97. The summed E-state index contributed by atoms with van der Waals surface area (Å²) in [4.78, 5) is 0. The fraction of sp³-hybridized carbons (Fsp3) is 0.158. The molecule has 0 radical (unpaired) electrons. The molecule has 3 aromatic rings. The zero-order valence-electron chi connectivity index (χ0n) is 12.0. The first-order valence-electron chi connectivity index (χ1n) is 7.02. The zero-order chi connectivity index (χ0) is 14.7. The number of rotatable bonds is 4. The molecule has 0 spiro atoms. The molecule has 2 heteroatoms. The molecule has 3 aromatic carbocycles. The first kappa shape index (κ1) is 13.8. The number of fused-ring (bicyclic) bond motifs is 1. The van der Waals surface area contributed by atoms with Crippen LogP contribution < -0.4 is 0 Å². The topological polar surface area (TPSA) is 29.5 Å². The molecular weight excluding hydrogens is 260 g/mol. The minimum absolute atomic E-state index is 0.590. The Morgan fingerprint density at radius 3 is 2.24 bits per heavy atom. The summed E-state index contributed by atoms with van der Waals surface area (Å²) in [7, 11) is 1.68.